The Morgan fingerprint density at radius 1 is 1.26 bits per heavy atom. The summed E-state index contributed by atoms with van der Waals surface area (Å²) in [6.45, 7) is 1.05. The monoisotopic (exact) mass is 296 g/mol. The first-order valence-corrected chi connectivity index (χ1v) is 8.50. The topological polar surface area (TPSA) is 24.4 Å². The van der Waals surface area contributed by atoms with Crippen LogP contribution in [0, 0.1) is 5.92 Å². The molecule has 0 aromatic heterocycles. The van der Waals surface area contributed by atoms with Crippen LogP contribution in [-0.4, -0.2) is 18.0 Å². The third kappa shape index (κ3) is 5.07. The van der Waals surface area contributed by atoms with Crippen molar-refractivity contribution in [1.82, 2.24) is 5.32 Å². The Bertz CT molecular complexity index is 411. The third-order valence-electron chi connectivity index (χ3n) is 3.52. The lowest BCUT2D eigenvalue weighted by Gasteiger charge is -2.22. The number of amidine groups is 1. The second kappa shape index (κ2) is 7.81. The number of nitrogens with zero attached hydrogens (tertiary/aromatic N) is 1. The third-order valence-corrected chi connectivity index (χ3v) is 4.39. The number of benzene rings is 1. The van der Waals surface area contributed by atoms with Gasteiger partial charge in [-0.05, 0) is 49.3 Å². The van der Waals surface area contributed by atoms with Gasteiger partial charge in [-0.25, -0.2) is 4.99 Å². The molecule has 1 saturated carbocycles. The van der Waals surface area contributed by atoms with Crippen LogP contribution in [0.15, 0.2) is 29.3 Å². The lowest BCUT2D eigenvalue weighted by atomic mass is 9.89. The van der Waals surface area contributed by atoms with Gasteiger partial charge in [-0.2, -0.15) is 0 Å². The van der Waals surface area contributed by atoms with E-state index in [1.165, 1.54) is 32.1 Å². The highest BCUT2D eigenvalue weighted by molar-refractivity contribution is 8.13. The van der Waals surface area contributed by atoms with Gasteiger partial charge in [-0.1, -0.05) is 42.6 Å². The van der Waals surface area contributed by atoms with Crippen LogP contribution in [0.1, 0.15) is 32.1 Å². The zero-order valence-corrected chi connectivity index (χ0v) is 12.9. The van der Waals surface area contributed by atoms with Gasteiger partial charge in [0.2, 0.25) is 0 Å². The number of rotatable bonds is 3. The number of thioether (sulfide) groups is 1. The van der Waals surface area contributed by atoms with Crippen LogP contribution in [0.3, 0.4) is 0 Å². The van der Waals surface area contributed by atoms with Gasteiger partial charge in [0.1, 0.15) is 0 Å². The summed E-state index contributed by atoms with van der Waals surface area (Å²) in [4.78, 5) is 4.61. The zero-order valence-electron chi connectivity index (χ0n) is 11.4. The first-order chi connectivity index (χ1) is 9.28. The molecule has 2 rings (SSSR count). The van der Waals surface area contributed by atoms with Gasteiger partial charge in [0.05, 0.1) is 5.69 Å². The number of hydrogen-bond acceptors (Lipinski definition) is 2. The molecule has 0 heterocycles. The molecule has 0 spiro atoms. The van der Waals surface area contributed by atoms with Crippen LogP contribution in [0.2, 0.25) is 5.02 Å². The van der Waals surface area contributed by atoms with Gasteiger partial charge in [-0.15, -0.1) is 0 Å². The van der Waals surface area contributed by atoms with Crippen LogP contribution in [-0.2, 0) is 0 Å². The van der Waals surface area contributed by atoms with Crippen molar-refractivity contribution in [3.63, 3.8) is 0 Å². The Labute approximate surface area is 125 Å². The molecule has 0 bridgehead atoms. The van der Waals surface area contributed by atoms with Crippen molar-refractivity contribution >= 4 is 34.2 Å². The van der Waals surface area contributed by atoms with Gasteiger partial charge in [0, 0.05) is 11.6 Å². The van der Waals surface area contributed by atoms with Crippen molar-refractivity contribution in [3.05, 3.63) is 29.3 Å². The Balaban J connectivity index is 1.89. The molecule has 1 fully saturated rings. The average Bonchev–Trinajstić information content (AvgIpc) is 2.46. The Kier molecular flexibility index (Phi) is 6.05. The molecule has 19 heavy (non-hydrogen) atoms. The minimum absolute atomic E-state index is 0.750. The molecule has 0 amide bonds. The highest BCUT2D eigenvalue weighted by Crippen LogP contribution is 2.23. The SMILES string of the molecule is CS/C(=N\c1ccc(Cl)cc1)NCC1CCCCC1. The molecule has 0 radical (unpaired) electrons. The molecule has 0 saturated heterocycles. The molecule has 0 atom stereocenters. The highest BCUT2D eigenvalue weighted by atomic mass is 35.5. The molecule has 0 aliphatic heterocycles. The Morgan fingerprint density at radius 2 is 1.95 bits per heavy atom. The summed E-state index contributed by atoms with van der Waals surface area (Å²) in [5.41, 5.74) is 0.949. The maximum atomic E-state index is 5.88. The van der Waals surface area contributed by atoms with E-state index in [9.17, 15) is 0 Å². The number of aliphatic imine (C=N–C) groups is 1. The van der Waals surface area contributed by atoms with Crippen molar-refractivity contribution in [1.29, 1.82) is 0 Å². The largest absolute Gasteiger partial charge is 0.364 e. The molecule has 1 aromatic rings. The lowest BCUT2D eigenvalue weighted by molar-refractivity contribution is 0.357. The maximum Gasteiger partial charge on any atom is 0.161 e. The summed E-state index contributed by atoms with van der Waals surface area (Å²) in [6, 6.07) is 7.64. The van der Waals surface area contributed by atoms with Crippen LogP contribution in [0.25, 0.3) is 0 Å². The minimum atomic E-state index is 0.750. The number of hydrogen-bond donors (Lipinski definition) is 1. The molecule has 1 aromatic carbocycles. The first-order valence-electron chi connectivity index (χ1n) is 6.90. The number of nitrogens with one attached hydrogen (secondary N) is 1. The minimum Gasteiger partial charge on any atom is -0.364 e. The van der Waals surface area contributed by atoms with Crippen LogP contribution < -0.4 is 5.32 Å². The molecule has 4 heteroatoms. The van der Waals surface area contributed by atoms with Crippen molar-refractivity contribution in [2.75, 3.05) is 12.8 Å². The summed E-state index contributed by atoms with van der Waals surface area (Å²) < 4.78 is 0. The van der Waals surface area contributed by atoms with E-state index < -0.39 is 0 Å². The van der Waals surface area contributed by atoms with Crippen molar-refractivity contribution in [2.24, 2.45) is 10.9 Å². The highest BCUT2D eigenvalue weighted by Gasteiger charge is 2.13. The summed E-state index contributed by atoms with van der Waals surface area (Å²) in [6.07, 6.45) is 8.95. The van der Waals surface area contributed by atoms with Gasteiger partial charge in [-0.3, -0.25) is 0 Å². The van der Waals surface area contributed by atoms with E-state index in [1.54, 1.807) is 11.8 Å². The van der Waals surface area contributed by atoms with E-state index in [0.717, 1.165) is 28.3 Å². The molecule has 1 N–H and O–H groups in total. The normalized spacial score (nSPS) is 17.5. The second-order valence-electron chi connectivity index (χ2n) is 4.98. The maximum absolute atomic E-state index is 5.88. The number of halogens is 1. The van der Waals surface area contributed by atoms with Crippen molar-refractivity contribution in [3.8, 4) is 0 Å². The fourth-order valence-corrected chi connectivity index (χ4v) is 2.96. The fraction of sp³-hybridized carbons (Fsp3) is 0.533. The van der Waals surface area contributed by atoms with E-state index in [1.807, 2.05) is 24.3 Å². The summed E-state index contributed by atoms with van der Waals surface area (Å²) in [5.74, 6) is 0.816. The molecule has 1 aliphatic carbocycles. The van der Waals surface area contributed by atoms with E-state index in [0.29, 0.717) is 0 Å². The van der Waals surface area contributed by atoms with Crippen molar-refractivity contribution < 1.29 is 0 Å². The average molecular weight is 297 g/mol. The molecule has 2 nitrogen and oxygen atoms in total. The van der Waals surface area contributed by atoms with E-state index >= 15 is 0 Å². The van der Waals surface area contributed by atoms with Gasteiger partial charge in [0.25, 0.3) is 0 Å². The zero-order chi connectivity index (χ0) is 13.5. The van der Waals surface area contributed by atoms with Crippen LogP contribution in [0.5, 0.6) is 0 Å². The molecule has 104 valence electrons. The predicted molar refractivity (Wildman–Crippen MR) is 86.6 cm³/mol. The Morgan fingerprint density at radius 3 is 2.58 bits per heavy atom. The predicted octanol–water partition coefficient (Wildman–Crippen LogP) is 4.86. The van der Waals surface area contributed by atoms with Crippen LogP contribution in [0.4, 0.5) is 5.69 Å². The van der Waals surface area contributed by atoms with E-state index in [4.69, 9.17) is 11.6 Å². The van der Waals surface area contributed by atoms with E-state index in [-0.39, 0.29) is 0 Å². The Hall–Kier alpha value is -0.670. The van der Waals surface area contributed by atoms with E-state index in [2.05, 4.69) is 16.6 Å². The van der Waals surface area contributed by atoms with Gasteiger partial charge >= 0.3 is 0 Å². The summed E-state index contributed by atoms with van der Waals surface area (Å²) >= 11 is 7.54. The summed E-state index contributed by atoms with van der Waals surface area (Å²) in [7, 11) is 0. The van der Waals surface area contributed by atoms with Crippen LogP contribution >= 0.6 is 23.4 Å². The first kappa shape index (κ1) is 14.7. The lowest BCUT2D eigenvalue weighted by Crippen LogP contribution is -2.28. The molecule has 1 aliphatic rings. The van der Waals surface area contributed by atoms with Gasteiger partial charge in [0.15, 0.2) is 5.17 Å². The second-order valence-corrected chi connectivity index (χ2v) is 6.21. The molecular formula is C15H21ClN2S. The summed E-state index contributed by atoms with van der Waals surface area (Å²) in [5, 5.41) is 5.23. The fourth-order valence-electron chi connectivity index (χ4n) is 2.41. The quantitative estimate of drug-likeness (QED) is 0.636. The molecule has 0 unspecified atom stereocenters. The standard InChI is InChI=1S/C15H21ClN2S/c1-19-15(17-11-12-5-3-2-4-6-12)18-14-9-7-13(16)8-10-14/h7-10,12H,2-6,11H2,1H3,(H,17,18). The van der Waals surface area contributed by atoms with Gasteiger partial charge < -0.3 is 5.32 Å². The smallest absolute Gasteiger partial charge is 0.161 e. The molecular weight excluding hydrogens is 276 g/mol. The van der Waals surface area contributed by atoms with Crippen molar-refractivity contribution in [2.45, 2.75) is 32.1 Å².